The highest BCUT2D eigenvalue weighted by molar-refractivity contribution is 9.10. The van der Waals surface area contributed by atoms with Crippen LogP contribution in [0.2, 0.25) is 0 Å². The number of aromatic nitrogens is 3. The fourth-order valence-corrected chi connectivity index (χ4v) is 2.07. The fourth-order valence-electron chi connectivity index (χ4n) is 1.61. The van der Waals surface area contributed by atoms with Crippen molar-refractivity contribution in [2.24, 2.45) is 7.05 Å². The summed E-state index contributed by atoms with van der Waals surface area (Å²) in [7, 11) is 1.83. The first kappa shape index (κ1) is 13.7. The molecule has 0 saturated heterocycles. The third-order valence-corrected chi connectivity index (χ3v) is 3.02. The smallest absolute Gasteiger partial charge is 0.251 e. The number of benzene rings is 1. The van der Waals surface area contributed by atoms with Crippen molar-refractivity contribution in [3.63, 3.8) is 0 Å². The Balaban J connectivity index is 1.92. The van der Waals surface area contributed by atoms with Crippen LogP contribution in [0.4, 0.5) is 4.39 Å². The van der Waals surface area contributed by atoms with Crippen LogP contribution in [0.3, 0.4) is 0 Å². The number of nitrogens with zero attached hydrogens (tertiary/aromatic N) is 3. The maximum atomic E-state index is 13.2. The maximum Gasteiger partial charge on any atom is 0.251 e. The standard InChI is InChI=1S/C12H12BrFN4O/c1-18-7-16-17-11(18)2-3-15-12(19)8-4-9(13)6-10(14)5-8/h4-7H,2-3H2,1H3,(H,15,19). The molecular formula is C12H12BrFN4O. The molecule has 100 valence electrons. The van der Waals surface area contributed by atoms with Gasteiger partial charge < -0.3 is 9.88 Å². The van der Waals surface area contributed by atoms with E-state index in [0.717, 1.165) is 5.82 Å². The molecule has 5 nitrogen and oxygen atoms in total. The molecular weight excluding hydrogens is 315 g/mol. The van der Waals surface area contributed by atoms with Gasteiger partial charge in [-0.05, 0) is 18.2 Å². The van der Waals surface area contributed by atoms with E-state index < -0.39 is 5.82 Å². The van der Waals surface area contributed by atoms with Crippen LogP contribution in [0.5, 0.6) is 0 Å². The van der Waals surface area contributed by atoms with Gasteiger partial charge in [0.25, 0.3) is 5.91 Å². The van der Waals surface area contributed by atoms with E-state index in [4.69, 9.17) is 0 Å². The van der Waals surface area contributed by atoms with E-state index in [9.17, 15) is 9.18 Å². The van der Waals surface area contributed by atoms with E-state index in [-0.39, 0.29) is 11.5 Å². The molecule has 19 heavy (non-hydrogen) atoms. The van der Waals surface area contributed by atoms with E-state index in [1.54, 1.807) is 17.0 Å². The van der Waals surface area contributed by atoms with Crippen LogP contribution in [0.25, 0.3) is 0 Å². The molecule has 0 aliphatic rings. The number of hydrogen-bond donors (Lipinski definition) is 1. The summed E-state index contributed by atoms with van der Waals surface area (Å²) < 4.78 is 15.5. The Labute approximate surface area is 118 Å². The Morgan fingerprint density at radius 3 is 2.89 bits per heavy atom. The molecule has 0 aliphatic carbocycles. The molecule has 2 rings (SSSR count). The van der Waals surface area contributed by atoms with Gasteiger partial charge in [0.05, 0.1) is 0 Å². The summed E-state index contributed by atoms with van der Waals surface area (Å²) in [6.07, 6.45) is 2.17. The number of rotatable bonds is 4. The normalized spacial score (nSPS) is 10.5. The summed E-state index contributed by atoms with van der Waals surface area (Å²) in [6.45, 7) is 0.416. The van der Waals surface area contributed by atoms with Gasteiger partial charge in [0.2, 0.25) is 0 Å². The minimum atomic E-state index is -0.451. The monoisotopic (exact) mass is 326 g/mol. The molecule has 1 heterocycles. The van der Waals surface area contributed by atoms with Crippen molar-refractivity contribution in [2.45, 2.75) is 6.42 Å². The van der Waals surface area contributed by atoms with Gasteiger partial charge in [0.15, 0.2) is 0 Å². The van der Waals surface area contributed by atoms with Gasteiger partial charge in [0.1, 0.15) is 18.0 Å². The predicted octanol–water partition coefficient (Wildman–Crippen LogP) is 1.69. The average molecular weight is 327 g/mol. The zero-order chi connectivity index (χ0) is 13.8. The van der Waals surface area contributed by atoms with Crippen molar-refractivity contribution in [3.8, 4) is 0 Å². The number of aryl methyl sites for hydroxylation is 1. The predicted molar refractivity (Wildman–Crippen MR) is 71.1 cm³/mol. The van der Waals surface area contributed by atoms with Gasteiger partial charge in [-0.3, -0.25) is 4.79 Å². The minimum Gasteiger partial charge on any atom is -0.352 e. The van der Waals surface area contributed by atoms with Crippen LogP contribution < -0.4 is 5.32 Å². The molecule has 1 aromatic heterocycles. The Hall–Kier alpha value is -1.76. The first-order valence-electron chi connectivity index (χ1n) is 5.63. The second kappa shape index (κ2) is 5.92. The summed E-state index contributed by atoms with van der Waals surface area (Å²) >= 11 is 3.15. The molecule has 0 atom stereocenters. The quantitative estimate of drug-likeness (QED) is 0.930. The third-order valence-electron chi connectivity index (χ3n) is 2.56. The second-order valence-corrected chi connectivity index (χ2v) is 4.94. The van der Waals surface area contributed by atoms with Gasteiger partial charge in [-0.2, -0.15) is 0 Å². The van der Waals surface area contributed by atoms with Gasteiger partial charge >= 0.3 is 0 Å². The molecule has 0 fully saturated rings. The lowest BCUT2D eigenvalue weighted by molar-refractivity contribution is 0.0953. The van der Waals surface area contributed by atoms with Crippen molar-refractivity contribution < 1.29 is 9.18 Å². The molecule has 0 spiro atoms. The molecule has 7 heteroatoms. The summed E-state index contributed by atoms with van der Waals surface area (Å²) in [6, 6.07) is 4.07. The lowest BCUT2D eigenvalue weighted by Gasteiger charge is -2.05. The largest absolute Gasteiger partial charge is 0.352 e. The lowest BCUT2D eigenvalue weighted by atomic mass is 10.2. The summed E-state index contributed by atoms with van der Waals surface area (Å²) in [5.41, 5.74) is 0.282. The second-order valence-electron chi connectivity index (χ2n) is 4.02. The Bertz CT molecular complexity index is 579. The van der Waals surface area contributed by atoms with E-state index in [1.165, 1.54) is 12.1 Å². The average Bonchev–Trinajstić information content (AvgIpc) is 2.74. The van der Waals surface area contributed by atoms with E-state index in [1.807, 2.05) is 7.05 Å². The maximum absolute atomic E-state index is 13.2. The Morgan fingerprint density at radius 1 is 1.47 bits per heavy atom. The van der Waals surface area contributed by atoms with Gasteiger partial charge in [-0.15, -0.1) is 10.2 Å². The first-order chi connectivity index (χ1) is 9.06. The highest BCUT2D eigenvalue weighted by atomic mass is 79.9. The molecule has 1 aromatic carbocycles. The van der Waals surface area contributed by atoms with Crippen LogP contribution >= 0.6 is 15.9 Å². The van der Waals surface area contributed by atoms with Gasteiger partial charge in [-0.25, -0.2) is 4.39 Å². The Morgan fingerprint density at radius 2 is 2.26 bits per heavy atom. The fraction of sp³-hybridized carbons (Fsp3) is 0.250. The van der Waals surface area contributed by atoms with Crippen molar-refractivity contribution in [2.75, 3.05) is 6.54 Å². The van der Waals surface area contributed by atoms with E-state index >= 15 is 0 Å². The van der Waals surface area contributed by atoms with Crippen LogP contribution in [0.15, 0.2) is 29.0 Å². The molecule has 0 saturated carbocycles. The number of carbonyl (C=O) groups excluding carboxylic acids is 1. The molecule has 1 N–H and O–H groups in total. The summed E-state index contributed by atoms with van der Waals surface area (Å²) in [4.78, 5) is 11.8. The molecule has 0 unspecified atom stereocenters. The number of amides is 1. The topological polar surface area (TPSA) is 59.8 Å². The molecule has 1 amide bonds. The highest BCUT2D eigenvalue weighted by Crippen LogP contribution is 2.14. The number of nitrogens with one attached hydrogen (secondary N) is 1. The number of halogens is 2. The number of hydrogen-bond acceptors (Lipinski definition) is 3. The van der Waals surface area contributed by atoms with Crippen LogP contribution in [0, 0.1) is 5.82 Å². The van der Waals surface area contributed by atoms with Gasteiger partial charge in [-0.1, -0.05) is 15.9 Å². The van der Waals surface area contributed by atoms with Crippen LogP contribution in [-0.4, -0.2) is 27.2 Å². The number of carbonyl (C=O) groups is 1. The zero-order valence-electron chi connectivity index (χ0n) is 10.2. The zero-order valence-corrected chi connectivity index (χ0v) is 11.8. The highest BCUT2D eigenvalue weighted by Gasteiger charge is 2.08. The third kappa shape index (κ3) is 3.60. The molecule has 0 aliphatic heterocycles. The summed E-state index contributed by atoms with van der Waals surface area (Å²) in [5, 5.41) is 10.4. The van der Waals surface area contributed by atoms with Crippen molar-refractivity contribution in [1.29, 1.82) is 0 Å². The molecule has 2 aromatic rings. The van der Waals surface area contributed by atoms with Crippen molar-refractivity contribution in [1.82, 2.24) is 20.1 Å². The minimum absolute atomic E-state index is 0.282. The van der Waals surface area contributed by atoms with Crippen LogP contribution in [0.1, 0.15) is 16.2 Å². The first-order valence-corrected chi connectivity index (χ1v) is 6.43. The lowest BCUT2D eigenvalue weighted by Crippen LogP contribution is -2.26. The summed E-state index contributed by atoms with van der Waals surface area (Å²) in [5.74, 6) is 0.0101. The SMILES string of the molecule is Cn1cnnc1CCNC(=O)c1cc(F)cc(Br)c1. The Kier molecular flexibility index (Phi) is 4.26. The van der Waals surface area contributed by atoms with Gasteiger partial charge in [0, 0.05) is 30.0 Å². The molecule has 0 radical (unpaired) electrons. The van der Waals surface area contributed by atoms with Crippen LogP contribution in [-0.2, 0) is 13.5 Å². The van der Waals surface area contributed by atoms with Crippen molar-refractivity contribution >= 4 is 21.8 Å². The molecule has 0 bridgehead atoms. The van der Waals surface area contributed by atoms with E-state index in [0.29, 0.717) is 17.4 Å². The van der Waals surface area contributed by atoms with E-state index in [2.05, 4.69) is 31.4 Å². The van der Waals surface area contributed by atoms with Crippen molar-refractivity contribution in [3.05, 3.63) is 46.2 Å².